The maximum atomic E-state index is 14.7. The molecule has 1 aliphatic rings. The molecule has 0 fully saturated rings. The van der Waals surface area contributed by atoms with E-state index in [4.69, 9.17) is 4.84 Å². The van der Waals surface area contributed by atoms with Gasteiger partial charge in [0.05, 0.1) is 17.7 Å². The first-order valence-corrected chi connectivity index (χ1v) is 12.0. The number of halogens is 7. The van der Waals surface area contributed by atoms with Crippen molar-refractivity contribution in [2.45, 2.75) is 32.0 Å². The number of hydrogen-bond donors (Lipinski definition) is 0. The molecule has 0 radical (unpaired) electrons. The Balaban J connectivity index is 1.63. The molecule has 0 aliphatic carbocycles. The summed E-state index contributed by atoms with van der Waals surface area (Å²) in [6.45, 7) is 1.74. The van der Waals surface area contributed by atoms with Gasteiger partial charge in [-0.1, -0.05) is 53.2 Å². The minimum absolute atomic E-state index is 0.0575. The van der Waals surface area contributed by atoms with Crippen molar-refractivity contribution < 1.29 is 35.6 Å². The van der Waals surface area contributed by atoms with Crippen LogP contribution in [0.1, 0.15) is 39.6 Å². The molecular formula is C29H20F7N3O. The van der Waals surface area contributed by atoms with Gasteiger partial charge in [-0.15, -0.1) is 0 Å². The highest BCUT2D eigenvalue weighted by atomic mass is 19.4. The van der Waals surface area contributed by atoms with Crippen molar-refractivity contribution in [2.24, 2.45) is 5.16 Å². The molecule has 0 amide bonds. The van der Waals surface area contributed by atoms with Crippen LogP contribution in [0.5, 0.6) is 0 Å². The van der Waals surface area contributed by atoms with Crippen LogP contribution >= 0.6 is 0 Å². The van der Waals surface area contributed by atoms with Gasteiger partial charge in [0.25, 0.3) is 0 Å². The van der Waals surface area contributed by atoms with Crippen molar-refractivity contribution in [3.05, 3.63) is 124 Å². The Morgan fingerprint density at radius 2 is 1.48 bits per heavy atom. The molecule has 206 valence electrons. The summed E-state index contributed by atoms with van der Waals surface area (Å²) in [6.07, 6.45) is -8.62. The van der Waals surface area contributed by atoms with E-state index in [0.717, 1.165) is 5.56 Å². The van der Waals surface area contributed by atoms with Gasteiger partial charge >= 0.3 is 12.4 Å². The molecule has 0 N–H and O–H groups in total. The van der Waals surface area contributed by atoms with Crippen LogP contribution < -0.4 is 0 Å². The number of pyridine rings is 1. The molecule has 4 aromatic rings. The monoisotopic (exact) mass is 559 g/mol. The molecule has 0 bridgehead atoms. The van der Waals surface area contributed by atoms with E-state index in [9.17, 15) is 30.7 Å². The quantitative estimate of drug-likeness (QED) is 0.232. The number of aryl methyl sites for hydroxylation is 1. The summed E-state index contributed by atoms with van der Waals surface area (Å²) in [6, 6.07) is 15.9. The third-order valence-corrected chi connectivity index (χ3v) is 6.41. The summed E-state index contributed by atoms with van der Waals surface area (Å²) in [4.78, 5) is 11.1. The first kappa shape index (κ1) is 27.2. The highest BCUT2D eigenvalue weighted by Gasteiger charge is 2.40. The second kappa shape index (κ2) is 10.3. The zero-order valence-corrected chi connectivity index (χ0v) is 20.8. The van der Waals surface area contributed by atoms with E-state index in [0.29, 0.717) is 28.8 Å². The molecule has 5 rings (SSSR count). The van der Waals surface area contributed by atoms with Gasteiger partial charge in [0.15, 0.2) is 5.84 Å². The third-order valence-electron chi connectivity index (χ3n) is 6.41. The average molecular weight is 559 g/mol. The lowest BCUT2D eigenvalue weighted by Gasteiger charge is -2.27. The predicted molar refractivity (Wildman–Crippen MR) is 133 cm³/mol. The number of aromatic nitrogens is 1. The summed E-state index contributed by atoms with van der Waals surface area (Å²) in [5.41, 5.74) is -0.752. The third kappa shape index (κ3) is 5.49. The molecule has 2 heterocycles. The van der Waals surface area contributed by atoms with Gasteiger partial charge in [-0.25, -0.2) is 4.39 Å². The smallest absolute Gasteiger partial charge is 0.363 e. The van der Waals surface area contributed by atoms with E-state index in [1.807, 2.05) is 6.92 Å². The number of rotatable bonds is 5. The molecule has 40 heavy (non-hydrogen) atoms. The van der Waals surface area contributed by atoms with Crippen LogP contribution in [0.15, 0.2) is 90.3 Å². The maximum absolute atomic E-state index is 14.7. The highest BCUT2D eigenvalue weighted by molar-refractivity contribution is 5.99. The molecule has 1 aliphatic heterocycles. The second-order valence-corrected chi connectivity index (χ2v) is 9.22. The second-order valence-electron chi connectivity index (χ2n) is 9.22. The number of oxime groups is 1. The Hall–Kier alpha value is -4.41. The summed E-state index contributed by atoms with van der Waals surface area (Å²) in [5.74, 6) is -0.330. The van der Waals surface area contributed by atoms with E-state index in [-0.39, 0.29) is 24.0 Å². The van der Waals surface area contributed by atoms with Gasteiger partial charge < -0.3 is 9.74 Å². The molecule has 1 unspecified atom stereocenters. The fourth-order valence-electron chi connectivity index (χ4n) is 4.44. The Bertz CT molecular complexity index is 1530. The van der Waals surface area contributed by atoms with Crippen LogP contribution in [0.3, 0.4) is 0 Å². The van der Waals surface area contributed by atoms with E-state index in [1.165, 1.54) is 29.4 Å². The average Bonchev–Trinajstić information content (AvgIpc) is 3.32. The molecular weight excluding hydrogens is 539 g/mol. The molecule has 0 saturated heterocycles. The molecule has 3 aromatic carbocycles. The van der Waals surface area contributed by atoms with Gasteiger partial charge in [0, 0.05) is 29.1 Å². The van der Waals surface area contributed by atoms with Gasteiger partial charge in [-0.2, -0.15) is 26.3 Å². The molecule has 1 atom stereocenters. The first-order valence-electron chi connectivity index (χ1n) is 12.0. The first-order chi connectivity index (χ1) is 18.9. The van der Waals surface area contributed by atoms with Crippen molar-refractivity contribution in [1.29, 1.82) is 0 Å². The number of alkyl halides is 6. The van der Waals surface area contributed by atoms with Gasteiger partial charge in [0.2, 0.25) is 6.23 Å². The predicted octanol–water partition coefficient (Wildman–Crippen LogP) is 8.13. The van der Waals surface area contributed by atoms with Crippen molar-refractivity contribution in [2.75, 3.05) is 0 Å². The number of amidine groups is 1. The lowest BCUT2D eigenvalue weighted by molar-refractivity contribution is -0.143. The molecule has 0 spiro atoms. The molecule has 1 aromatic heterocycles. The Morgan fingerprint density at radius 3 is 2.10 bits per heavy atom. The van der Waals surface area contributed by atoms with Gasteiger partial charge in [0.1, 0.15) is 5.82 Å². The van der Waals surface area contributed by atoms with Crippen LogP contribution in [-0.4, -0.2) is 15.7 Å². The number of nitrogens with zero attached hydrogens (tertiary/aromatic N) is 3. The number of hydrogen-bond acceptors (Lipinski definition) is 4. The van der Waals surface area contributed by atoms with Crippen LogP contribution in [0.2, 0.25) is 0 Å². The Labute approximate surface area is 224 Å². The SMILES string of the molecule is Cc1ccc(C2=NOC(c3cc(C(F)(F)F)cc(C(F)(F)F)c3)N2Cc2cnccc2-c2ccccc2F)cc1. The van der Waals surface area contributed by atoms with E-state index in [1.54, 1.807) is 42.5 Å². The van der Waals surface area contributed by atoms with Crippen molar-refractivity contribution in [3.8, 4) is 11.1 Å². The minimum Gasteiger partial charge on any atom is -0.363 e. The standard InChI is InChI=1S/C29H20F7N3O/c1-17-6-8-18(9-7-17)26-38-40-27(19-12-21(28(31,32)33)14-22(13-19)29(34,35)36)39(26)16-20-15-37-11-10-23(20)24-4-2-3-5-25(24)30/h2-15,27H,16H2,1H3. The van der Waals surface area contributed by atoms with Crippen LogP contribution in [0.25, 0.3) is 11.1 Å². The Kier molecular flexibility index (Phi) is 6.99. The van der Waals surface area contributed by atoms with Crippen molar-refractivity contribution in [1.82, 2.24) is 9.88 Å². The molecule has 4 nitrogen and oxygen atoms in total. The zero-order chi connectivity index (χ0) is 28.7. The zero-order valence-electron chi connectivity index (χ0n) is 20.8. The molecule has 0 saturated carbocycles. The Morgan fingerprint density at radius 1 is 0.825 bits per heavy atom. The normalized spacial score (nSPS) is 15.7. The minimum atomic E-state index is -5.04. The lowest BCUT2D eigenvalue weighted by atomic mass is 9.99. The topological polar surface area (TPSA) is 37.7 Å². The maximum Gasteiger partial charge on any atom is 0.416 e. The summed E-state index contributed by atoms with van der Waals surface area (Å²) < 4.78 is 96.5. The van der Waals surface area contributed by atoms with Crippen molar-refractivity contribution in [3.63, 3.8) is 0 Å². The van der Waals surface area contributed by atoms with Gasteiger partial charge in [-0.3, -0.25) is 4.98 Å². The van der Waals surface area contributed by atoms with Crippen LogP contribution in [0, 0.1) is 12.7 Å². The largest absolute Gasteiger partial charge is 0.416 e. The van der Waals surface area contributed by atoms with Gasteiger partial charge in [-0.05, 0) is 48.4 Å². The van der Waals surface area contributed by atoms with Crippen molar-refractivity contribution >= 4 is 5.84 Å². The van der Waals surface area contributed by atoms with Crippen LogP contribution in [-0.2, 0) is 23.7 Å². The van der Waals surface area contributed by atoms with E-state index < -0.39 is 41.1 Å². The van der Waals surface area contributed by atoms with Crippen LogP contribution in [0.4, 0.5) is 30.7 Å². The fraction of sp³-hybridized carbons (Fsp3) is 0.172. The summed E-state index contributed by atoms with van der Waals surface area (Å²) in [5, 5.41) is 4.06. The molecule has 11 heteroatoms. The summed E-state index contributed by atoms with van der Waals surface area (Å²) in [7, 11) is 0. The highest BCUT2D eigenvalue weighted by Crippen LogP contribution is 2.41. The number of benzene rings is 3. The fourth-order valence-corrected chi connectivity index (χ4v) is 4.44. The lowest BCUT2D eigenvalue weighted by Crippen LogP contribution is -2.31. The van der Waals surface area contributed by atoms with E-state index >= 15 is 0 Å². The summed E-state index contributed by atoms with van der Waals surface area (Å²) >= 11 is 0. The van der Waals surface area contributed by atoms with E-state index in [2.05, 4.69) is 10.1 Å².